The summed E-state index contributed by atoms with van der Waals surface area (Å²) in [5.41, 5.74) is 4.53. The number of ether oxygens (including phenoxy) is 2. The van der Waals surface area contributed by atoms with E-state index in [1.165, 1.54) is 12.1 Å². The van der Waals surface area contributed by atoms with Crippen LogP contribution in [0.5, 0.6) is 11.5 Å². The molecule has 9 nitrogen and oxygen atoms in total. The van der Waals surface area contributed by atoms with E-state index in [9.17, 15) is 14.9 Å². The van der Waals surface area contributed by atoms with Crippen LogP contribution in [0.15, 0.2) is 72.8 Å². The zero-order valence-electron chi connectivity index (χ0n) is 19.8. The van der Waals surface area contributed by atoms with Gasteiger partial charge < -0.3 is 14.4 Å². The van der Waals surface area contributed by atoms with E-state index < -0.39 is 11.0 Å². The van der Waals surface area contributed by atoms with Crippen LogP contribution in [0, 0.1) is 10.1 Å². The molecule has 0 radical (unpaired) electrons. The summed E-state index contributed by atoms with van der Waals surface area (Å²) in [5, 5.41) is 18.6. The van der Waals surface area contributed by atoms with Gasteiger partial charge in [-0.2, -0.15) is 5.10 Å². The van der Waals surface area contributed by atoms with Crippen LogP contribution >= 0.6 is 0 Å². The van der Waals surface area contributed by atoms with Gasteiger partial charge in [-0.1, -0.05) is 12.1 Å². The number of nitrogens with zero attached hydrogens (tertiary/aromatic N) is 3. The molecule has 1 aliphatic rings. The van der Waals surface area contributed by atoms with Crippen LogP contribution in [0.3, 0.4) is 0 Å². The van der Waals surface area contributed by atoms with Gasteiger partial charge in [-0.3, -0.25) is 20.0 Å². The summed E-state index contributed by atoms with van der Waals surface area (Å²) in [6.07, 6.45) is 0.634. The second-order valence-corrected chi connectivity index (χ2v) is 8.44. The lowest BCUT2D eigenvalue weighted by Crippen LogP contribution is -2.31. The number of hydrogen-bond acceptors (Lipinski definition) is 6. The molecule has 0 saturated carbocycles. The Labute approximate surface area is 207 Å². The van der Waals surface area contributed by atoms with Crippen molar-refractivity contribution in [1.29, 1.82) is 0 Å². The van der Waals surface area contributed by atoms with Crippen molar-refractivity contribution in [2.75, 3.05) is 20.8 Å². The van der Waals surface area contributed by atoms with E-state index in [1.54, 1.807) is 31.3 Å². The van der Waals surface area contributed by atoms with Gasteiger partial charge >= 0.3 is 0 Å². The second-order valence-electron chi connectivity index (χ2n) is 8.44. The molecule has 0 saturated heterocycles. The first-order valence-electron chi connectivity index (χ1n) is 11.4. The monoisotopic (exact) mass is 484 g/mol. The summed E-state index contributed by atoms with van der Waals surface area (Å²) in [4.78, 5) is 26.1. The zero-order valence-corrected chi connectivity index (χ0v) is 19.8. The smallest absolute Gasteiger partial charge is 0.273 e. The maximum Gasteiger partial charge on any atom is 0.273 e. The molecule has 0 bridgehead atoms. The minimum absolute atomic E-state index is 0.00403. The number of nitro groups is 1. The lowest BCUT2D eigenvalue weighted by Gasteiger charge is -2.26. The zero-order chi connectivity index (χ0) is 25.2. The van der Waals surface area contributed by atoms with Crippen LogP contribution in [0.25, 0.3) is 11.3 Å². The van der Waals surface area contributed by atoms with Crippen molar-refractivity contribution in [2.45, 2.75) is 12.5 Å². The van der Waals surface area contributed by atoms with E-state index in [-0.39, 0.29) is 11.6 Å². The van der Waals surface area contributed by atoms with Gasteiger partial charge in [-0.25, -0.2) is 0 Å². The average molecular weight is 485 g/mol. The molecule has 3 aromatic carbocycles. The van der Waals surface area contributed by atoms with Gasteiger partial charge in [-0.15, -0.1) is 0 Å². The fourth-order valence-corrected chi connectivity index (χ4v) is 4.56. The Kier molecular flexibility index (Phi) is 6.12. The van der Waals surface area contributed by atoms with Crippen molar-refractivity contribution in [3.8, 4) is 22.8 Å². The van der Waals surface area contributed by atoms with Gasteiger partial charge in [0.05, 0.1) is 30.9 Å². The second kappa shape index (κ2) is 9.53. The standard InChI is InChI=1S/C27H24N4O5/c1-35-21-11-3-17(4-12-21)15-16-30-26(19-5-9-20(10-6-19)31(33)34)23-24(28-29-25(23)27(30)32)18-7-13-22(36-2)14-8-18/h3-14,26H,15-16H2,1-2H3,(H,28,29). The number of H-pyrrole nitrogens is 1. The summed E-state index contributed by atoms with van der Waals surface area (Å²) in [6, 6.07) is 21.1. The van der Waals surface area contributed by atoms with Gasteiger partial charge in [0.25, 0.3) is 11.6 Å². The van der Waals surface area contributed by atoms with Crippen LogP contribution in [-0.2, 0) is 6.42 Å². The molecule has 2 heterocycles. The van der Waals surface area contributed by atoms with Crippen LogP contribution in [0.1, 0.15) is 33.2 Å². The first kappa shape index (κ1) is 23.1. The van der Waals surface area contributed by atoms with Crippen LogP contribution in [0.2, 0.25) is 0 Å². The van der Waals surface area contributed by atoms with Gasteiger partial charge in [0.15, 0.2) is 0 Å². The van der Waals surface area contributed by atoms with Gasteiger partial charge in [-0.05, 0) is 66.1 Å². The maximum atomic E-state index is 13.5. The van der Waals surface area contributed by atoms with E-state index in [0.717, 1.165) is 33.8 Å². The normalized spacial score (nSPS) is 14.6. The number of aromatic nitrogens is 2. The van der Waals surface area contributed by atoms with E-state index >= 15 is 0 Å². The number of amides is 1. The van der Waals surface area contributed by atoms with E-state index in [4.69, 9.17) is 9.47 Å². The topological polar surface area (TPSA) is 111 Å². The highest BCUT2D eigenvalue weighted by Crippen LogP contribution is 2.43. The molecule has 0 aliphatic carbocycles. The third kappa shape index (κ3) is 4.15. The molecular weight excluding hydrogens is 460 g/mol. The molecule has 4 aromatic rings. The SMILES string of the molecule is COc1ccc(CCN2C(=O)c3[nH]nc(-c4ccc(OC)cc4)c3C2c2ccc([N+](=O)[O-])cc2)cc1. The Morgan fingerprint density at radius 1 is 0.944 bits per heavy atom. The molecule has 5 rings (SSSR count). The predicted molar refractivity (Wildman–Crippen MR) is 133 cm³/mol. The lowest BCUT2D eigenvalue weighted by atomic mass is 9.95. The summed E-state index contributed by atoms with van der Waals surface area (Å²) in [5.74, 6) is 1.33. The molecule has 36 heavy (non-hydrogen) atoms. The maximum absolute atomic E-state index is 13.5. The number of fused-ring (bicyclic) bond motifs is 1. The number of aromatic amines is 1. The Morgan fingerprint density at radius 3 is 2.14 bits per heavy atom. The van der Waals surface area contributed by atoms with Crippen LogP contribution in [-0.4, -0.2) is 46.7 Å². The predicted octanol–water partition coefficient (Wildman–Crippen LogP) is 4.79. The van der Waals surface area contributed by atoms with Crippen molar-refractivity contribution >= 4 is 11.6 Å². The molecule has 9 heteroatoms. The van der Waals surface area contributed by atoms with Crippen molar-refractivity contribution in [1.82, 2.24) is 15.1 Å². The molecule has 1 aromatic heterocycles. The van der Waals surface area contributed by atoms with E-state index in [1.807, 2.05) is 48.5 Å². The van der Waals surface area contributed by atoms with Crippen LogP contribution < -0.4 is 9.47 Å². The molecular formula is C27H24N4O5. The van der Waals surface area contributed by atoms with Crippen molar-refractivity contribution < 1.29 is 19.2 Å². The molecule has 0 fully saturated rings. The fourth-order valence-electron chi connectivity index (χ4n) is 4.56. The summed E-state index contributed by atoms with van der Waals surface area (Å²) in [7, 11) is 3.22. The Balaban J connectivity index is 1.53. The van der Waals surface area contributed by atoms with Crippen molar-refractivity contribution in [3.05, 3.63) is 105 Å². The largest absolute Gasteiger partial charge is 0.497 e. The minimum atomic E-state index is -0.442. The molecule has 0 spiro atoms. The summed E-state index contributed by atoms with van der Waals surface area (Å²) in [6.45, 7) is 0.456. The number of carbonyl (C=O) groups excluding carboxylic acids is 1. The Hall–Kier alpha value is -4.66. The summed E-state index contributed by atoms with van der Waals surface area (Å²) >= 11 is 0. The molecule has 1 N–H and O–H groups in total. The van der Waals surface area contributed by atoms with Crippen molar-refractivity contribution in [2.24, 2.45) is 0 Å². The highest BCUT2D eigenvalue weighted by Gasteiger charge is 2.42. The number of nitrogens with one attached hydrogen (secondary N) is 1. The highest BCUT2D eigenvalue weighted by molar-refractivity contribution is 6.00. The molecule has 1 amide bonds. The third-order valence-corrected chi connectivity index (χ3v) is 6.45. The fraction of sp³-hybridized carbons (Fsp3) is 0.185. The third-order valence-electron chi connectivity index (χ3n) is 6.45. The van der Waals surface area contributed by atoms with E-state index in [2.05, 4.69) is 10.2 Å². The Morgan fingerprint density at radius 2 is 1.56 bits per heavy atom. The number of nitro benzene ring substituents is 1. The summed E-state index contributed by atoms with van der Waals surface area (Å²) < 4.78 is 10.5. The average Bonchev–Trinajstić information content (AvgIpc) is 3.46. The van der Waals surface area contributed by atoms with Gasteiger partial charge in [0.2, 0.25) is 0 Å². The first-order valence-corrected chi connectivity index (χ1v) is 11.4. The molecule has 182 valence electrons. The quantitative estimate of drug-likeness (QED) is 0.284. The van der Waals surface area contributed by atoms with Crippen LogP contribution in [0.4, 0.5) is 5.69 Å². The van der Waals surface area contributed by atoms with Gasteiger partial charge in [0.1, 0.15) is 17.2 Å². The number of methoxy groups -OCH3 is 2. The highest BCUT2D eigenvalue weighted by atomic mass is 16.6. The van der Waals surface area contributed by atoms with Crippen molar-refractivity contribution in [3.63, 3.8) is 0 Å². The number of benzene rings is 3. The lowest BCUT2D eigenvalue weighted by molar-refractivity contribution is -0.384. The minimum Gasteiger partial charge on any atom is -0.497 e. The molecule has 1 atom stereocenters. The number of carbonyl (C=O) groups is 1. The van der Waals surface area contributed by atoms with Gasteiger partial charge in [0, 0.05) is 29.8 Å². The number of non-ortho nitro benzene ring substituents is 1. The molecule has 1 aliphatic heterocycles. The Bertz CT molecular complexity index is 1400. The number of hydrogen-bond donors (Lipinski definition) is 1. The molecule has 1 unspecified atom stereocenters. The van der Waals surface area contributed by atoms with E-state index in [0.29, 0.717) is 24.4 Å². The number of rotatable bonds is 8. The first-order chi connectivity index (χ1) is 17.5.